The molecule has 0 aromatic heterocycles. The maximum atomic E-state index is 13.7. The van der Waals surface area contributed by atoms with Crippen LogP contribution in [0.25, 0.3) is 0 Å². The Morgan fingerprint density at radius 1 is 1.43 bits per heavy atom. The van der Waals surface area contributed by atoms with Crippen LogP contribution in [0.1, 0.15) is 37.0 Å². The minimum Gasteiger partial charge on any atom is -0.478 e. The molecule has 0 heterocycles. The maximum absolute atomic E-state index is 13.7. The normalized spacial score (nSPS) is 13.5. The summed E-state index contributed by atoms with van der Waals surface area (Å²) in [6.07, 6.45) is 1.71. The molecular formula is C14H18FNO4S. The summed E-state index contributed by atoms with van der Waals surface area (Å²) in [6.45, 7) is 3.86. The van der Waals surface area contributed by atoms with Crippen LogP contribution in [-0.4, -0.2) is 33.0 Å². The fourth-order valence-corrected chi connectivity index (χ4v) is 2.77. The van der Waals surface area contributed by atoms with E-state index in [1.807, 2.05) is 6.92 Å². The van der Waals surface area contributed by atoms with Gasteiger partial charge >= 0.3 is 5.97 Å². The van der Waals surface area contributed by atoms with E-state index < -0.39 is 33.7 Å². The molecule has 5 nitrogen and oxygen atoms in total. The number of carbonyl (C=O) groups excluding carboxylic acids is 1. The second kappa shape index (κ2) is 7.87. The monoisotopic (exact) mass is 315 g/mol. The highest BCUT2D eigenvalue weighted by atomic mass is 32.2. The Morgan fingerprint density at radius 2 is 2.10 bits per heavy atom. The zero-order valence-corrected chi connectivity index (χ0v) is 12.7. The maximum Gasteiger partial charge on any atom is 0.335 e. The van der Waals surface area contributed by atoms with Crippen LogP contribution in [0.5, 0.6) is 0 Å². The number of rotatable bonds is 7. The molecule has 0 radical (unpaired) electrons. The Balaban J connectivity index is 2.89. The van der Waals surface area contributed by atoms with Crippen molar-refractivity contribution < 1.29 is 23.3 Å². The third-order valence-electron chi connectivity index (χ3n) is 2.91. The first-order valence-corrected chi connectivity index (χ1v) is 7.81. The van der Waals surface area contributed by atoms with Gasteiger partial charge in [-0.15, -0.1) is 0 Å². The van der Waals surface area contributed by atoms with Gasteiger partial charge in [0.05, 0.1) is 21.3 Å². The second-order valence-corrected chi connectivity index (χ2v) is 6.28. The first kappa shape index (κ1) is 17.3. The van der Waals surface area contributed by atoms with E-state index >= 15 is 0 Å². The van der Waals surface area contributed by atoms with Gasteiger partial charge in [-0.25, -0.2) is 9.18 Å². The molecule has 1 rings (SSSR count). The molecule has 116 valence electrons. The first-order valence-electron chi connectivity index (χ1n) is 6.59. The molecule has 0 fully saturated rings. The molecule has 0 aliphatic carbocycles. The smallest absolute Gasteiger partial charge is 0.335 e. The number of amides is 1. The molecule has 0 bridgehead atoms. The van der Waals surface area contributed by atoms with Crippen molar-refractivity contribution in [3.8, 4) is 0 Å². The number of benzene rings is 1. The zero-order valence-electron chi connectivity index (χ0n) is 11.9. The molecule has 2 atom stereocenters. The van der Waals surface area contributed by atoms with E-state index in [1.54, 1.807) is 0 Å². The van der Waals surface area contributed by atoms with Gasteiger partial charge in [-0.05, 0) is 31.5 Å². The Hall–Kier alpha value is -1.76. The Bertz CT molecular complexity index is 562. The van der Waals surface area contributed by atoms with E-state index in [2.05, 4.69) is 5.32 Å². The molecule has 0 saturated heterocycles. The quantitative estimate of drug-likeness (QED) is 0.753. The predicted molar refractivity (Wildman–Crippen MR) is 77.1 cm³/mol. The van der Waals surface area contributed by atoms with E-state index in [4.69, 9.17) is 5.11 Å². The summed E-state index contributed by atoms with van der Waals surface area (Å²) < 4.78 is 25.9. The molecule has 2 N–H and O–H groups in total. The molecule has 1 aromatic carbocycles. The number of hydrogen-bond donors (Lipinski definition) is 2. The number of carboxylic acids is 1. The van der Waals surface area contributed by atoms with Crippen LogP contribution >= 0.6 is 0 Å². The van der Waals surface area contributed by atoms with Crippen molar-refractivity contribution in [2.45, 2.75) is 36.8 Å². The average Bonchev–Trinajstić information content (AvgIpc) is 2.46. The lowest BCUT2D eigenvalue weighted by molar-refractivity contribution is -0.120. The van der Waals surface area contributed by atoms with Crippen LogP contribution in [0.4, 0.5) is 4.39 Å². The number of aromatic carboxylic acids is 1. The van der Waals surface area contributed by atoms with Gasteiger partial charge in [-0.1, -0.05) is 13.3 Å². The van der Waals surface area contributed by atoms with Crippen molar-refractivity contribution in [1.29, 1.82) is 0 Å². The van der Waals surface area contributed by atoms with Crippen LogP contribution in [-0.2, 0) is 15.6 Å². The fourth-order valence-electron chi connectivity index (χ4n) is 1.61. The Morgan fingerprint density at radius 3 is 2.67 bits per heavy atom. The van der Waals surface area contributed by atoms with Gasteiger partial charge in [0.1, 0.15) is 11.1 Å². The molecule has 1 aromatic rings. The summed E-state index contributed by atoms with van der Waals surface area (Å²) >= 11 is 0. The molecule has 0 saturated carbocycles. The van der Waals surface area contributed by atoms with Crippen molar-refractivity contribution in [1.82, 2.24) is 5.32 Å². The van der Waals surface area contributed by atoms with Crippen LogP contribution in [0, 0.1) is 5.82 Å². The summed E-state index contributed by atoms with van der Waals surface area (Å²) in [5, 5.41) is 10.5. The number of carbonyl (C=O) groups is 2. The van der Waals surface area contributed by atoms with Crippen molar-refractivity contribution in [2.24, 2.45) is 0 Å². The molecule has 7 heteroatoms. The van der Waals surface area contributed by atoms with E-state index in [0.717, 1.165) is 31.0 Å². The molecule has 21 heavy (non-hydrogen) atoms. The van der Waals surface area contributed by atoms with Gasteiger partial charge in [0.2, 0.25) is 5.91 Å². The molecule has 0 aliphatic rings. The van der Waals surface area contributed by atoms with Gasteiger partial charge in [-0.2, -0.15) is 0 Å². The molecule has 2 unspecified atom stereocenters. The molecule has 0 spiro atoms. The average molecular weight is 315 g/mol. The molecular weight excluding hydrogens is 297 g/mol. The number of hydrogen-bond acceptors (Lipinski definition) is 3. The SMILES string of the molecule is CCCCNC(=O)C(C)S(=O)c1cc(C(=O)O)ccc1F. The van der Waals surface area contributed by atoms with E-state index in [0.29, 0.717) is 6.54 Å². The second-order valence-electron chi connectivity index (χ2n) is 4.53. The molecule has 1 amide bonds. The van der Waals surface area contributed by atoms with Crippen molar-refractivity contribution in [2.75, 3.05) is 6.54 Å². The van der Waals surface area contributed by atoms with Crippen molar-refractivity contribution >= 4 is 22.7 Å². The van der Waals surface area contributed by atoms with Crippen LogP contribution < -0.4 is 5.32 Å². The van der Waals surface area contributed by atoms with Crippen LogP contribution in [0.3, 0.4) is 0 Å². The van der Waals surface area contributed by atoms with Crippen LogP contribution in [0.15, 0.2) is 23.1 Å². The number of halogens is 1. The topological polar surface area (TPSA) is 83.5 Å². The van der Waals surface area contributed by atoms with Crippen molar-refractivity contribution in [3.05, 3.63) is 29.6 Å². The van der Waals surface area contributed by atoms with Gasteiger partial charge in [0.25, 0.3) is 0 Å². The van der Waals surface area contributed by atoms with Crippen molar-refractivity contribution in [3.63, 3.8) is 0 Å². The highest BCUT2D eigenvalue weighted by molar-refractivity contribution is 7.86. The highest BCUT2D eigenvalue weighted by Crippen LogP contribution is 2.18. The third kappa shape index (κ3) is 4.63. The Labute approximate surface area is 125 Å². The minimum atomic E-state index is -1.95. The Kier molecular flexibility index (Phi) is 6.48. The largest absolute Gasteiger partial charge is 0.478 e. The van der Waals surface area contributed by atoms with Gasteiger partial charge < -0.3 is 10.4 Å². The van der Waals surface area contributed by atoms with E-state index in [1.165, 1.54) is 6.92 Å². The lowest BCUT2D eigenvalue weighted by Gasteiger charge is -2.13. The summed E-state index contributed by atoms with van der Waals surface area (Å²) in [6, 6.07) is 3.03. The predicted octanol–water partition coefficient (Wildman–Crippen LogP) is 1.94. The van der Waals surface area contributed by atoms with Gasteiger partial charge in [-0.3, -0.25) is 9.00 Å². The van der Waals surface area contributed by atoms with E-state index in [9.17, 15) is 18.2 Å². The van der Waals surface area contributed by atoms with Gasteiger partial charge in [0.15, 0.2) is 0 Å². The highest BCUT2D eigenvalue weighted by Gasteiger charge is 2.24. The lowest BCUT2D eigenvalue weighted by atomic mass is 10.2. The summed E-state index contributed by atoms with van der Waals surface area (Å²) in [7, 11) is -1.95. The lowest BCUT2D eigenvalue weighted by Crippen LogP contribution is -2.36. The zero-order chi connectivity index (χ0) is 16.0. The summed E-state index contributed by atoms with van der Waals surface area (Å²) in [5.41, 5.74) is -0.168. The first-order chi connectivity index (χ1) is 9.88. The number of unbranched alkanes of at least 4 members (excludes halogenated alkanes) is 1. The standard InChI is InChI=1S/C14H18FNO4S/c1-3-4-7-16-13(17)9(2)21(20)12-8-10(14(18)19)5-6-11(12)15/h5-6,8-9H,3-4,7H2,1-2H3,(H,16,17)(H,18,19). The molecule has 0 aliphatic heterocycles. The fraction of sp³-hybridized carbons (Fsp3) is 0.429. The van der Waals surface area contributed by atoms with E-state index in [-0.39, 0.29) is 10.5 Å². The number of nitrogens with one attached hydrogen (secondary N) is 1. The minimum absolute atomic E-state index is 0.168. The number of carboxylic acid groups (broad SMARTS) is 1. The summed E-state index contributed by atoms with van der Waals surface area (Å²) in [4.78, 5) is 22.4. The van der Waals surface area contributed by atoms with Crippen LogP contribution in [0.2, 0.25) is 0 Å². The van der Waals surface area contributed by atoms with Gasteiger partial charge in [0, 0.05) is 6.54 Å². The third-order valence-corrected chi connectivity index (χ3v) is 4.52. The summed E-state index contributed by atoms with van der Waals surface area (Å²) in [5.74, 6) is -2.47.